The maximum atomic E-state index is 6.05. The van der Waals surface area contributed by atoms with E-state index in [0.29, 0.717) is 5.89 Å². The Labute approximate surface area is 126 Å². The van der Waals surface area contributed by atoms with Crippen molar-refractivity contribution >= 4 is 16.3 Å². The van der Waals surface area contributed by atoms with E-state index in [1.807, 2.05) is 6.07 Å². The van der Waals surface area contributed by atoms with Crippen LogP contribution in [0.3, 0.4) is 0 Å². The number of rotatable bonds is 3. The van der Waals surface area contributed by atoms with Crippen molar-refractivity contribution in [2.75, 3.05) is 5.73 Å². The van der Waals surface area contributed by atoms with Gasteiger partial charge in [-0.3, -0.25) is 0 Å². The highest BCUT2D eigenvalue weighted by atomic mass is 32.1. The van der Waals surface area contributed by atoms with Crippen LogP contribution in [-0.2, 0) is 12.8 Å². The van der Waals surface area contributed by atoms with E-state index in [9.17, 15) is 0 Å². The van der Waals surface area contributed by atoms with E-state index >= 15 is 0 Å². The number of aromatic nitrogens is 2. The molecule has 1 aliphatic carbocycles. The molecule has 0 aliphatic heterocycles. The zero-order chi connectivity index (χ0) is 14.4. The van der Waals surface area contributed by atoms with Gasteiger partial charge in [0.15, 0.2) is 5.82 Å². The zero-order valence-electron chi connectivity index (χ0n) is 11.7. The van der Waals surface area contributed by atoms with Crippen LogP contribution in [0.2, 0.25) is 0 Å². The second-order valence-electron chi connectivity index (χ2n) is 5.26. The first-order chi connectivity index (χ1) is 10.3. The van der Waals surface area contributed by atoms with E-state index in [1.165, 1.54) is 16.0 Å². The van der Waals surface area contributed by atoms with Crippen LogP contribution < -0.4 is 5.73 Å². The molecule has 0 radical (unpaired) electrons. The minimum atomic E-state index is 0.254. The minimum Gasteiger partial charge on any atom is -0.390 e. The summed E-state index contributed by atoms with van der Waals surface area (Å²) in [5, 5.41) is 4.90. The number of hydrogen-bond donors (Lipinski definition) is 1. The van der Waals surface area contributed by atoms with Gasteiger partial charge < -0.3 is 10.3 Å². The molecule has 106 valence electrons. The van der Waals surface area contributed by atoms with E-state index in [-0.39, 0.29) is 5.92 Å². The predicted octanol–water partition coefficient (Wildman–Crippen LogP) is 3.63. The first kappa shape index (κ1) is 12.6. The number of benzene rings is 1. The summed E-state index contributed by atoms with van der Waals surface area (Å²) in [6, 6.07) is 10.4. The zero-order valence-corrected chi connectivity index (χ0v) is 12.5. The van der Waals surface area contributed by atoms with Gasteiger partial charge in [-0.25, -0.2) is 0 Å². The van der Waals surface area contributed by atoms with Gasteiger partial charge in [0.25, 0.3) is 5.89 Å². The molecule has 0 amide bonds. The van der Waals surface area contributed by atoms with Gasteiger partial charge in [-0.2, -0.15) is 4.98 Å². The van der Waals surface area contributed by atoms with Crippen LogP contribution >= 0.6 is 11.3 Å². The molecule has 5 heteroatoms. The number of aryl methyl sites for hydroxylation is 1. The van der Waals surface area contributed by atoms with Crippen LogP contribution in [0.1, 0.15) is 34.7 Å². The lowest BCUT2D eigenvalue weighted by molar-refractivity contribution is 0.416. The van der Waals surface area contributed by atoms with Crippen molar-refractivity contribution in [1.29, 1.82) is 0 Å². The Hall–Kier alpha value is -2.14. The molecule has 2 aromatic heterocycles. The highest BCUT2D eigenvalue weighted by Crippen LogP contribution is 2.40. The summed E-state index contributed by atoms with van der Waals surface area (Å²) in [7, 11) is 0. The van der Waals surface area contributed by atoms with Crippen LogP contribution in [0.15, 0.2) is 34.9 Å². The fourth-order valence-corrected chi connectivity index (χ4v) is 3.63. The van der Waals surface area contributed by atoms with Gasteiger partial charge in [0.1, 0.15) is 0 Å². The molecule has 0 saturated heterocycles. The molecular weight excluding hydrogens is 282 g/mol. The minimum absolute atomic E-state index is 0.254. The Balaban J connectivity index is 1.66. The van der Waals surface area contributed by atoms with Gasteiger partial charge in [0.2, 0.25) is 0 Å². The lowest BCUT2D eigenvalue weighted by Crippen LogP contribution is -2.19. The highest BCUT2D eigenvalue weighted by Gasteiger charge is 2.31. The first-order valence-corrected chi connectivity index (χ1v) is 7.88. The fraction of sp³-hybridized carbons (Fsp3) is 0.250. The summed E-state index contributed by atoms with van der Waals surface area (Å²) in [5.74, 6) is 1.54. The topological polar surface area (TPSA) is 64.9 Å². The van der Waals surface area contributed by atoms with Crippen molar-refractivity contribution in [1.82, 2.24) is 10.1 Å². The van der Waals surface area contributed by atoms with Crippen molar-refractivity contribution in [3.63, 3.8) is 0 Å². The lowest BCUT2D eigenvalue weighted by Gasteiger charge is -2.27. The molecule has 4 rings (SSSR count). The smallest absolute Gasteiger partial charge is 0.260 e. The Morgan fingerprint density at radius 1 is 1.38 bits per heavy atom. The molecule has 0 saturated carbocycles. The maximum absolute atomic E-state index is 6.05. The second-order valence-corrected chi connectivity index (χ2v) is 6.43. The van der Waals surface area contributed by atoms with E-state index < -0.39 is 0 Å². The third-order valence-corrected chi connectivity index (χ3v) is 5.11. The monoisotopic (exact) mass is 297 g/mol. The second kappa shape index (κ2) is 4.70. The molecule has 0 spiro atoms. The number of fused-ring (bicyclic) bond motifs is 1. The third kappa shape index (κ3) is 1.96. The number of nitrogens with zero attached hydrogens (tertiary/aromatic N) is 2. The van der Waals surface area contributed by atoms with E-state index in [4.69, 9.17) is 10.3 Å². The van der Waals surface area contributed by atoms with Gasteiger partial charge in [0, 0.05) is 4.88 Å². The van der Waals surface area contributed by atoms with Crippen LogP contribution in [0, 0.1) is 0 Å². The Bertz CT molecular complexity index is 805. The molecule has 2 heterocycles. The SMILES string of the molecule is CCc1cc(-c2nc(C3Cc4ccccc43)no2)c(N)s1. The standard InChI is InChI=1S/C16H15N3OS/c1-2-10-8-13(14(17)21-10)16-18-15(19-20-16)12-7-9-5-3-4-6-11(9)12/h3-6,8,12H,2,7,17H2,1H3. The Morgan fingerprint density at radius 2 is 2.24 bits per heavy atom. The molecular formula is C16H15N3OS. The fourth-order valence-electron chi connectivity index (χ4n) is 2.77. The van der Waals surface area contributed by atoms with E-state index in [1.54, 1.807) is 11.3 Å². The predicted molar refractivity (Wildman–Crippen MR) is 83.4 cm³/mol. The molecule has 3 aromatic rings. The van der Waals surface area contributed by atoms with Crippen molar-refractivity contribution < 1.29 is 4.52 Å². The van der Waals surface area contributed by atoms with Gasteiger partial charge in [-0.1, -0.05) is 36.3 Å². The normalized spacial score (nSPS) is 16.5. The summed E-state index contributed by atoms with van der Waals surface area (Å²) in [4.78, 5) is 5.79. The van der Waals surface area contributed by atoms with Crippen LogP contribution in [0.25, 0.3) is 11.5 Å². The Kier molecular flexibility index (Phi) is 2.82. The van der Waals surface area contributed by atoms with Crippen molar-refractivity contribution in [3.05, 3.63) is 52.2 Å². The third-order valence-electron chi connectivity index (χ3n) is 4.00. The molecule has 2 N–H and O–H groups in total. The molecule has 1 atom stereocenters. The molecule has 0 fully saturated rings. The molecule has 4 nitrogen and oxygen atoms in total. The maximum Gasteiger partial charge on any atom is 0.260 e. The van der Waals surface area contributed by atoms with Gasteiger partial charge >= 0.3 is 0 Å². The molecule has 1 unspecified atom stereocenters. The number of nitrogen functional groups attached to an aromatic ring is 1. The largest absolute Gasteiger partial charge is 0.390 e. The van der Waals surface area contributed by atoms with Gasteiger partial charge in [0.05, 0.1) is 16.5 Å². The van der Waals surface area contributed by atoms with Crippen molar-refractivity contribution in [2.45, 2.75) is 25.7 Å². The average molecular weight is 297 g/mol. The highest BCUT2D eigenvalue weighted by molar-refractivity contribution is 7.16. The van der Waals surface area contributed by atoms with Crippen LogP contribution in [-0.4, -0.2) is 10.1 Å². The average Bonchev–Trinajstić information content (AvgIpc) is 3.07. The first-order valence-electron chi connectivity index (χ1n) is 7.06. The lowest BCUT2D eigenvalue weighted by atomic mass is 9.77. The summed E-state index contributed by atoms with van der Waals surface area (Å²) in [5.41, 5.74) is 9.59. The number of thiophene rings is 1. The number of anilines is 1. The molecule has 0 bridgehead atoms. The molecule has 21 heavy (non-hydrogen) atoms. The van der Waals surface area contributed by atoms with Crippen LogP contribution in [0.4, 0.5) is 5.00 Å². The molecule has 1 aliphatic rings. The number of nitrogens with two attached hydrogens (primary N) is 1. The van der Waals surface area contributed by atoms with Crippen molar-refractivity contribution in [3.8, 4) is 11.5 Å². The summed E-state index contributed by atoms with van der Waals surface area (Å²) in [6.45, 7) is 2.11. The summed E-state index contributed by atoms with van der Waals surface area (Å²) < 4.78 is 5.43. The number of hydrogen-bond acceptors (Lipinski definition) is 5. The Morgan fingerprint density at radius 3 is 3.00 bits per heavy atom. The molecule has 1 aromatic carbocycles. The van der Waals surface area contributed by atoms with Gasteiger partial charge in [-0.05, 0) is 30.0 Å². The van der Waals surface area contributed by atoms with E-state index in [0.717, 1.165) is 29.2 Å². The van der Waals surface area contributed by atoms with Crippen LogP contribution in [0.5, 0.6) is 0 Å². The summed E-state index contributed by atoms with van der Waals surface area (Å²) >= 11 is 1.59. The quantitative estimate of drug-likeness (QED) is 0.801. The summed E-state index contributed by atoms with van der Waals surface area (Å²) in [6.07, 6.45) is 1.94. The van der Waals surface area contributed by atoms with Gasteiger partial charge in [-0.15, -0.1) is 11.3 Å². The van der Waals surface area contributed by atoms with E-state index in [2.05, 4.69) is 41.3 Å². The van der Waals surface area contributed by atoms with Crippen molar-refractivity contribution in [2.24, 2.45) is 0 Å².